The summed E-state index contributed by atoms with van der Waals surface area (Å²) in [6, 6.07) is 9.86. The number of hydrogen-bond donors (Lipinski definition) is 0. The highest BCUT2D eigenvalue weighted by Crippen LogP contribution is 2.30. The molecule has 0 aliphatic heterocycles. The number of aryl methyl sites for hydroxylation is 1. The summed E-state index contributed by atoms with van der Waals surface area (Å²) in [6.07, 6.45) is 3.12. The number of anilines is 1. The zero-order valence-electron chi connectivity index (χ0n) is 13.0. The van der Waals surface area contributed by atoms with E-state index in [1.54, 1.807) is 28.0 Å². The third kappa shape index (κ3) is 3.12. The van der Waals surface area contributed by atoms with Crippen molar-refractivity contribution >= 4 is 33.1 Å². The number of carbonyl (C=O) groups is 1. The van der Waals surface area contributed by atoms with Crippen molar-refractivity contribution in [2.24, 2.45) is 7.05 Å². The molecule has 0 atom stereocenters. The molecule has 0 N–H and O–H groups in total. The van der Waals surface area contributed by atoms with Crippen LogP contribution in [-0.2, 0) is 18.4 Å². The Labute approximate surface area is 138 Å². The van der Waals surface area contributed by atoms with Crippen LogP contribution in [0.3, 0.4) is 0 Å². The standard InChI is InChI=1S/C17H17N3O2S/c1-4-17(21)20(16-7-8-19(2)18-16)11-14-10-12-9-13(22-3)5-6-15(12)23-14/h4-10H,1,11H2,2-3H3. The van der Waals surface area contributed by atoms with Gasteiger partial charge < -0.3 is 4.74 Å². The molecule has 3 rings (SSSR count). The minimum absolute atomic E-state index is 0.168. The normalized spacial score (nSPS) is 10.7. The first-order valence-corrected chi connectivity index (χ1v) is 7.92. The predicted octanol–water partition coefficient (Wildman–Crippen LogP) is 3.36. The molecular formula is C17H17N3O2S. The minimum Gasteiger partial charge on any atom is -0.497 e. The molecule has 0 aliphatic carbocycles. The molecule has 6 heteroatoms. The highest BCUT2D eigenvalue weighted by Gasteiger charge is 2.17. The van der Waals surface area contributed by atoms with Crippen molar-refractivity contribution in [3.8, 4) is 5.75 Å². The van der Waals surface area contributed by atoms with Gasteiger partial charge in [-0.3, -0.25) is 14.4 Å². The van der Waals surface area contributed by atoms with E-state index >= 15 is 0 Å². The molecule has 0 spiro atoms. The third-order valence-corrected chi connectivity index (χ3v) is 4.61. The Morgan fingerprint density at radius 3 is 2.91 bits per heavy atom. The minimum atomic E-state index is -0.168. The van der Waals surface area contributed by atoms with Crippen LogP contribution in [-0.4, -0.2) is 22.8 Å². The number of benzene rings is 1. The molecule has 118 valence electrons. The molecule has 5 nitrogen and oxygen atoms in total. The van der Waals surface area contributed by atoms with E-state index < -0.39 is 0 Å². The number of fused-ring (bicyclic) bond motifs is 1. The van der Waals surface area contributed by atoms with Crippen molar-refractivity contribution in [1.29, 1.82) is 0 Å². The average molecular weight is 327 g/mol. The molecule has 0 fully saturated rings. The van der Waals surface area contributed by atoms with E-state index in [-0.39, 0.29) is 5.91 Å². The molecule has 0 aliphatic rings. The van der Waals surface area contributed by atoms with Gasteiger partial charge in [-0.15, -0.1) is 11.3 Å². The van der Waals surface area contributed by atoms with Gasteiger partial charge in [0.2, 0.25) is 0 Å². The number of hydrogen-bond acceptors (Lipinski definition) is 4. The van der Waals surface area contributed by atoms with Crippen LogP contribution in [0.2, 0.25) is 0 Å². The lowest BCUT2D eigenvalue weighted by Crippen LogP contribution is -2.28. The maximum atomic E-state index is 12.2. The summed E-state index contributed by atoms with van der Waals surface area (Å²) >= 11 is 1.66. The smallest absolute Gasteiger partial charge is 0.251 e. The summed E-state index contributed by atoms with van der Waals surface area (Å²) in [4.78, 5) is 14.9. The van der Waals surface area contributed by atoms with Gasteiger partial charge in [-0.25, -0.2) is 0 Å². The molecule has 1 aromatic carbocycles. The van der Waals surface area contributed by atoms with Gasteiger partial charge in [0.15, 0.2) is 5.82 Å². The number of ether oxygens (including phenoxy) is 1. The SMILES string of the molecule is C=CC(=O)N(Cc1cc2cc(OC)ccc2s1)c1ccn(C)n1. The van der Waals surface area contributed by atoms with Crippen LogP contribution in [0.25, 0.3) is 10.1 Å². The molecule has 3 aromatic rings. The number of carbonyl (C=O) groups excluding carboxylic acids is 1. The molecule has 0 unspecified atom stereocenters. The van der Waals surface area contributed by atoms with Gasteiger partial charge in [-0.2, -0.15) is 5.10 Å². The number of nitrogens with zero attached hydrogens (tertiary/aromatic N) is 3. The van der Waals surface area contributed by atoms with Crippen LogP contribution in [0.5, 0.6) is 5.75 Å². The van der Waals surface area contributed by atoms with E-state index in [0.29, 0.717) is 12.4 Å². The molecule has 1 amide bonds. The Morgan fingerprint density at radius 1 is 1.43 bits per heavy atom. The van der Waals surface area contributed by atoms with Crippen LogP contribution in [0, 0.1) is 0 Å². The van der Waals surface area contributed by atoms with E-state index in [1.165, 1.54) is 6.08 Å². The Bertz CT molecular complexity index is 866. The van der Waals surface area contributed by atoms with Gasteiger partial charge in [0, 0.05) is 28.9 Å². The van der Waals surface area contributed by atoms with Crippen molar-refractivity contribution in [1.82, 2.24) is 9.78 Å². The lowest BCUT2D eigenvalue weighted by molar-refractivity contribution is -0.114. The monoisotopic (exact) mass is 327 g/mol. The second-order valence-electron chi connectivity index (χ2n) is 5.09. The highest BCUT2D eigenvalue weighted by molar-refractivity contribution is 7.19. The summed E-state index contributed by atoms with van der Waals surface area (Å²) in [6.45, 7) is 4.04. The fourth-order valence-corrected chi connectivity index (χ4v) is 3.40. The Morgan fingerprint density at radius 2 is 2.26 bits per heavy atom. The first-order chi connectivity index (χ1) is 11.1. The Kier molecular flexibility index (Phi) is 4.16. The summed E-state index contributed by atoms with van der Waals surface area (Å²) in [7, 11) is 3.48. The van der Waals surface area contributed by atoms with Gasteiger partial charge in [0.05, 0.1) is 13.7 Å². The van der Waals surface area contributed by atoms with E-state index in [2.05, 4.69) is 17.7 Å². The summed E-state index contributed by atoms with van der Waals surface area (Å²) in [5, 5.41) is 5.42. The second kappa shape index (κ2) is 6.26. The molecule has 0 radical (unpaired) electrons. The van der Waals surface area contributed by atoms with Gasteiger partial charge in [0.1, 0.15) is 5.75 Å². The summed E-state index contributed by atoms with van der Waals surface area (Å²) in [5.41, 5.74) is 0. The topological polar surface area (TPSA) is 47.4 Å². The molecule has 23 heavy (non-hydrogen) atoms. The van der Waals surface area contributed by atoms with Gasteiger partial charge >= 0.3 is 0 Å². The van der Waals surface area contributed by atoms with Crippen LogP contribution in [0.4, 0.5) is 5.82 Å². The van der Waals surface area contributed by atoms with Crippen LogP contribution in [0.1, 0.15) is 4.88 Å². The van der Waals surface area contributed by atoms with Gasteiger partial charge in [-0.1, -0.05) is 6.58 Å². The number of rotatable bonds is 5. The first-order valence-electron chi connectivity index (χ1n) is 7.11. The van der Waals surface area contributed by atoms with E-state index in [4.69, 9.17) is 4.74 Å². The maximum Gasteiger partial charge on any atom is 0.251 e. The maximum absolute atomic E-state index is 12.2. The molecule has 2 aromatic heterocycles. The fourth-order valence-electron chi connectivity index (χ4n) is 2.37. The summed E-state index contributed by atoms with van der Waals surface area (Å²) < 4.78 is 8.09. The van der Waals surface area contributed by atoms with E-state index in [1.807, 2.05) is 37.5 Å². The Balaban J connectivity index is 1.93. The van der Waals surface area contributed by atoms with E-state index in [9.17, 15) is 4.79 Å². The largest absolute Gasteiger partial charge is 0.497 e. The van der Waals surface area contributed by atoms with Crippen molar-refractivity contribution in [2.45, 2.75) is 6.54 Å². The van der Waals surface area contributed by atoms with Crippen LogP contribution in [0.15, 0.2) is 49.2 Å². The van der Waals surface area contributed by atoms with Crippen LogP contribution < -0.4 is 9.64 Å². The number of methoxy groups -OCH3 is 1. The quantitative estimate of drug-likeness (QED) is 0.675. The number of aromatic nitrogens is 2. The van der Waals surface area contributed by atoms with Gasteiger partial charge in [0.25, 0.3) is 5.91 Å². The van der Waals surface area contributed by atoms with Crippen LogP contribution >= 0.6 is 11.3 Å². The van der Waals surface area contributed by atoms with Gasteiger partial charge in [-0.05, 0) is 35.7 Å². The first kappa shape index (κ1) is 15.3. The zero-order chi connectivity index (χ0) is 16.4. The third-order valence-electron chi connectivity index (χ3n) is 3.51. The van der Waals surface area contributed by atoms with Crippen molar-refractivity contribution < 1.29 is 9.53 Å². The molecule has 0 bridgehead atoms. The lowest BCUT2D eigenvalue weighted by atomic mass is 10.2. The molecular weight excluding hydrogens is 310 g/mol. The van der Waals surface area contributed by atoms with Crippen molar-refractivity contribution in [3.63, 3.8) is 0 Å². The second-order valence-corrected chi connectivity index (χ2v) is 6.26. The molecule has 0 saturated heterocycles. The van der Waals surface area contributed by atoms with Crippen molar-refractivity contribution in [2.75, 3.05) is 12.0 Å². The van der Waals surface area contributed by atoms with E-state index in [0.717, 1.165) is 20.7 Å². The fraction of sp³-hybridized carbons (Fsp3) is 0.176. The number of thiophene rings is 1. The summed E-state index contributed by atoms with van der Waals surface area (Å²) in [5.74, 6) is 1.27. The molecule has 2 heterocycles. The highest BCUT2D eigenvalue weighted by atomic mass is 32.1. The zero-order valence-corrected chi connectivity index (χ0v) is 13.8. The number of amides is 1. The average Bonchev–Trinajstić information content (AvgIpc) is 3.16. The van der Waals surface area contributed by atoms with Crippen molar-refractivity contribution in [3.05, 3.63) is 54.1 Å². The Hall–Kier alpha value is -2.60. The molecule has 0 saturated carbocycles. The predicted molar refractivity (Wildman–Crippen MR) is 93.0 cm³/mol. The lowest BCUT2D eigenvalue weighted by Gasteiger charge is -2.17.